The molecule has 0 saturated carbocycles. The third kappa shape index (κ3) is 3.79. The topological polar surface area (TPSA) is 55.1 Å². The SMILES string of the molecule is Nc1ccc(NC(=O)Cc2cccc(Br)c2)cc1F. The molecule has 98 valence electrons. The van der Waals surface area contributed by atoms with Crippen LogP contribution in [0.15, 0.2) is 46.9 Å². The molecule has 19 heavy (non-hydrogen) atoms. The van der Waals surface area contributed by atoms with Gasteiger partial charge >= 0.3 is 0 Å². The fourth-order valence-corrected chi connectivity index (χ4v) is 2.09. The number of nitrogen functional groups attached to an aromatic ring is 1. The van der Waals surface area contributed by atoms with E-state index in [-0.39, 0.29) is 18.0 Å². The van der Waals surface area contributed by atoms with Crippen molar-refractivity contribution in [1.29, 1.82) is 0 Å². The first-order valence-electron chi connectivity index (χ1n) is 5.64. The van der Waals surface area contributed by atoms with Crippen LogP contribution < -0.4 is 11.1 Å². The van der Waals surface area contributed by atoms with Crippen LogP contribution in [0.25, 0.3) is 0 Å². The molecule has 0 bridgehead atoms. The second kappa shape index (κ2) is 5.84. The number of nitrogens with two attached hydrogens (primary N) is 1. The van der Waals surface area contributed by atoms with E-state index in [1.54, 1.807) is 6.07 Å². The van der Waals surface area contributed by atoms with Gasteiger partial charge in [-0.05, 0) is 35.9 Å². The van der Waals surface area contributed by atoms with E-state index < -0.39 is 5.82 Å². The molecule has 0 atom stereocenters. The number of carbonyl (C=O) groups excluding carboxylic acids is 1. The van der Waals surface area contributed by atoms with Gasteiger partial charge in [-0.3, -0.25) is 4.79 Å². The molecule has 0 spiro atoms. The Morgan fingerprint density at radius 3 is 2.74 bits per heavy atom. The zero-order valence-electron chi connectivity index (χ0n) is 9.99. The smallest absolute Gasteiger partial charge is 0.228 e. The van der Waals surface area contributed by atoms with Gasteiger partial charge in [-0.25, -0.2) is 4.39 Å². The highest BCUT2D eigenvalue weighted by molar-refractivity contribution is 9.10. The highest BCUT2D eigenvalue weighted by Crippen LogP contribution is 2.17. The van der Waals surface area contributed by atoms with Gasteiger partial charge in [0.15, 0.2) is 0 Å². The number of rotatable bonds is 3. The summed E-state index contributed by atoms with van der Waals surface area (Å²) in [5.41, 5.74) is 6.70. The van der Waals surface area contributed by atoms with Crippen LogP contribution in [0, 0.1) is 5.82 Å². The number of hydrogen-bond acceptors (Lipinski definition) is 2. The first-order valence-corrected chi connectivity index (χ1v) is 6.43. The van der Waals surface area contributed by atoms with Crippen molar-refractivity contribution in [3.63, 3.8) is 0 Å². The molecule has 0 heterocycles. The van der Waals surface area contributed by atoms with Crippen LogP contribution in [0.3, 0.4) is 0 Å². The third-order valence-electron chi connectivity index (χ3n) is 2.54. The summed E-state index contributed by atoms with van der Waals surface area (Å²) in [6.45, 7) is 0. The van der Waals surface area contributed by atoms with Crippen molar-refractivity contribution >= 4 is 33.2 Å². The molecule has 0 unspecified atom stereocenters. The fourth-order valence-electron chi connectivity index (χ4n) is 1.64. The number of carbonyl (C=O) groups is 1. The molecule has 2 aromatic carbocycles. The molecule has 5 heteroatoms. The summed E-state index contributed by atoms with van der Waals surface area (Å²) >= 11 is 3.34. The average molecular weight is 323 g/mol. The van der Waals surface area contributed by atoms with E-state index in [0.29, 0.717) is 5.69 Å². The Morgan fingerprint density at radius 2 is 2.05 bits per heavy atom. The molecule has 0 aromatic heterocycles. The lowest BCUT2D eigenvalue weighted by Gasteiger charge is -2.06. The predicted molar refractivity (Wildman–Crippen MR) is 77.3 cm³/mol. The molecule has 2 rings (SSSR count). The van der Waals surface area contributed by atoms with Crippen LogP contribution in [0.5, 0.6) is 0 Å². The lowest BCUT2D eigenvalue weighted by Crippen LogP contribution is -2.14. The highest BCUT2D eigenvalue weighted by Gasteiger charge is 2.06. The summed E-state index contributed by atoms with van der Waals surface area (Å²) in [6.07, 6.45) is 0.228. The van der Waals surface area contributed by atoms with E-state index in [4.69, 9.17) is 5.73 Å². The number of anilines is 2. The van der Waals surface area contributed by atoms with Crippen LogP contribution in [0.2, 0.25) is 0 Å². The number of hydrogen-bond donors (Lipinski definition) is 2. The van der Waals surface area contributed by atoms with E-state index in [0.717, 1.165) is 10.0 Å². The van der Waals surface area contributed by atoms with Crippen LogP contribution in [0.4, 0.5) is 15.8 Å². The molecule has 3 nitrogen and oxygen atoms in total. The summed E-state index contributed by atoms with van der Waals surface area (Å²) < 4.78 is 14.1. The summed E-state index contributed by atoms with van der Waals surface area (Å²) in [4.78, 5) is 11.8. The van der Waals surface area contributed by atoms with Gasteiger partial charge in [0.25, 0.3) is 0 Å². The highest BCUT2D eigenvalue weighted by atomic mass is 79.9. The summed E-state index contributed by atoms with van der Waals surface area (Å²) in [5.74, 6) is -0.748. The lowest BCUT2D eigenvalue weighted by molar-refractivity contribution is -0.115. The van der Waals surface area contributed by atoms with Gasteiger partial charge < -0.3 is 11.1 Å². The first-order chi connectivity index (χ1) is 9.04. The number of nitrogens with one attached hydrogen (secondary N) is 1. The molecule has 3 N–H and O–H groups in total. The number of halogens is 2. The van der Waals surface area contributed by atoms with Crippen molar-refractivity contribution in [2.45, 2.75) is 6.42 Å². The van der Waals surface area contributed by atoms with Gasteiger partial charge in [-0.15, -0.1) is 0 Å². The van der Waals surface area contributed by atoms with E-state index in [1.165, 1.54) is 12.1 Å². The molecule has 0 radical (unpaired) electrons. The van der Waals surface area contributed by atoms with Gasteiger partial charge in [0, 0.05) is 10.2 Å². The van der Waals surface area contributed by atoms with E-state index >= 15 is 0 Å². The minimum Gasteiger partial charge on any atom is -0.396 e. The Labute approximate surface area is 118 Å². The molecule has 1 amide bonds. The van der Waals surface area contributed by atoms with Crippen LogP contribution in [-0.4, -0.2) is 5.91 Å². The maximum absolute atomic E-state index is 13.2. The third-order valence-corrected chi connectivity index (χ3v) is 3.03. The predicted octanol–water partition coefficient (Wildman–Crippen LogP) is 3.35. The molecule has 0 aliphatic carbocycles. The standard InChI is InChI=1S/C14H12BrFN2O/c15-10-3-1-2-9(6-10)7-14(19)18-11-4-5-13(17)12(16)8-11/h1-6,8H,7,17H2,(H,18,19). The largest absolute Gasteiger partial charge is 0.396 e. The number of amides is 1. The summed E-state index contributed by atoms with van der Waals surface area (Å²) in [6, 6.07) is 11.7. The van der Waals surface area contributed by atoms with Crippen molar-refractivity contribution in [2.24, 2.45) is 0 Å². The monoisotopic (exact) mass is 322 g/mol. The van der Waals surface area contributed by atoms with Crippen LogP contribution >= 0.6 is 15.9 Å². The normalized spacial score (nSPS) is 10.2. The van der Waals surface area contributed by atoms with Crippen molar-refractivity contribution in [3.8, 4) is 0 Å². The molecule has 0 fully saturated rings. The van der Waals surface area contributed by atoms with Gasteiger partial charge in [-0.2, -0.15) is 0 Å². The van der Waals surface area contributed by atoms with E-state index in [9.17, 15) is 9.18 Å². The minimum atomic E-state index is -0.541. The second-order valence-corrected chi connectivity index (χ2v) is 5.01. The van der Waals surface area contributed by atoms with Crippen molar-refractivity contribution < 1.29 is 9.18 Å². The molecule has 0 aliphatic rings. The Hall–Kier alpha value is -1.88. The minimum absolute atomic E-state index is 0.0602. The zero-order chi connectivity index (χ0) is 13.8. The Morgan fingerprint density at radius 1 is 1.26 bits per heavy atom. The van der Waals surface area contributed by atoms with Gasteiger partial charge in [0.05, 0.1) is 12.1 Å². The molecular formula is C14H12BrFN2O. The van der Waals surface area contributed by atoms with E-state index in [1.807, 2.05) is 24.3 Å². The maximum Gasteiger partial charge on any atom is 0.228 e. The molecule has 0 saturated heterocycles. The maximum atomic E-state index is 13.2. The Balaban J connectivity index is 2.03. The lowest BCUT2D eigenvalue weighted by atomic mass is 10.1. The Bertz CT molecular complexity index is 616. The fraction of sp³-hybridized carbons (Fsp3) is 0.0714. The van der Waals surface area contributed by atoms with Gasteiger partial charge in [-0.1, -0.05) is 28.1 Å². The van der Waals surface area contributed by atoms with Crippen LogP contribution in [-0.2, 0) is 11.2 Å². The van der Waals surface area contributed by atoms with Crippen molar-refractivity contribution in [2.75, 3.05) is 11.1 Å². The second-order valence-electron chi connectivity index (χ2n) is 4.09. The summed E-state index contributed by atoms with van der Waals surface area (Å²) in [5, 5.41) is 2.63. The van der Waals surface area contributed by atoms with Gasteiger partial charge in [0.1, 0.15) is 5.82 Å². The average Bonchev–Trinajstić information content (AvgIpc) is 2.34. The molecule has 0 aliphatic heterocycles. The zero-order valence-corrected chi connectivity index (χ0v) is 11.6. The van der Waals surface area contributed by atoms with Crippen LogP contribution in [0.1, 0.15) is 5.56 Å². The van der Waals surface area contributed by atoms with Crippen molar-refractivity contribution in [3.05, 3.63) is 58.3 Å². The summed E-state index contributed by atoms with van der Waals surface area (Å²) in [7, 11) is 0. The quantitative estimate of drug-likeness (QED) is 0.851. The number of benzene rings is 2. The van der Waals surface area contributed by atoms with E-state index in [2.05, 4.69) is 21.2 Å². The Kier molecular flexibility index (Phi) is 4.16. The molecule has 2 aromatic rings. The van der Waals surface area contributed by atoms with Crippen molar-refractivity contribution in [1.82, 2.24) is 0 Å². The first kappa shape index (κ1) is 13.5. The van der Waals surface area contributed by atoms with Gasteiger partial charge in [0.2, 0.25) is 5.91 Å². The molecular weight excluding hydrogens is 311 g/mol.